The Morgan fingerprint density at radius 3 is 2.81 bits per heavy atom. The first kappa shape index (κ1) is 16.0. The van der Waals surface area contributed by atoms with E-state index >= 15 is 0 Å². The van der Waals surface area contributed by atoms with Crippen LogP contribution in [0.1, 0.15) is 38.7 Å². The summed E-state index contributed by atoms with van der Waals surface area (Å²) in [5.74, 6) is 0.946. The van der Waals surface area contributed by atoms with Crippen molar-refractivity contribution in [2.24, 2.45) is 11.8 Å². The first-order chi connectivity index (χ1) is 10.1. The summed E-state index contributed by atoms with van der Waals surface area (Å²) in [5, 5.41) is 6.11. The van der Waals surface area contributed by atoms with Crippen molar-refractivity contribution in [3.63, 3.8) is 0 Å². The predicted molar refractivity (Wildman–Crippen MR) is 82.2 cm³/mol. The highest BCUT2D eigenvalue weighted by molar-refractivity contribution is 5.78. The van der Waals surface area contributed by atoms with Gasteiger partial charge in [-0.05, 0) is 24.3 Å². The summed E-state index contributed by atoms with van der Waals surface area (Å²) in [6, 6.07) is 6.90. The minimum Gasteiger partial charge on any atom is -0.352 e. The average Bonchev–Trinajstić information content (AvgIpc) is 2.46. The maximum atomic E-state index is 13.4. The molecule has 2 rings (SSSR count). The highest BCUT2D eigenvalue weighted by Gasteiger charge is 2.27. The van der Waals surface area contributed by atoms with Gasteiger partial charge in [0.1, 0.15) is 5.82 Å². The average molecular weight is 292 g/mol. The van der Waals surface area contributed by atoms with E-state index in [2.05, 4.69) is 24.5 Å². The molecule has 1 aliphatic carbocycles. The molecule has 1 amide bonds. The monoisotopic (exact) mass is 292 g/mol. The third kappa shape index (κ3) is 4.53. The first-order valence-electron chi connectivity index (χ1n) is 7.81. The Labute approximate surface area is 126 Å². The van der Waals surface area contributed by atoms with E-state index in [4.69, 9.17) is 0 Å². The minimum absolute atomic E-state index is 0.00251. The zero-order valence-electron chi connectivity index (χ0n) is 12.9. The summed E-state index contributed by atoms with van der Waals surface area (Å²) in [4.78, 5) is 12.0. The zero-order valence-corrected chi connectivity index (χ0v) is 12.9. The van der Waals surface area contributed by atoms with Crippen LogP contribution < -0.4 is 10.6 Å². The molecule has 0 spiro atoms. The fraction of sp³-hybridized carbons (Fsp3) is 0.588. The number of carbonyl (C=O) groups is 1. The standard InChI is InChI=1S/C17H25FN2O/c1-12-6-5-9-16(13(12)2)20-17(21)11-19-10-14-7-3-4-8-15(14)18/h3-4,7-8,12-13,16,19H,5-6,9-11H2,1-2H3,(H,20,21)/t12-,13-,16+/m0/s1. The third-order valence-corrected chi connectivity index (χ3v) is 4.61. The molecule has 3 atom stereocenters. The predicted octanol–water partition coefficient (Wildman–Crippen LogP) is 2.86. The van der Waals surface area contributed by atoms with Crippen LogP contribution in [-0.4, -0.2) is 18.5 Å². The molecule has 116 valence electrons. The van der Waals surface area contributed by atoms with Crippen molar-refractivity contribution >= 4 is 5.91 Å². The molecular weight excluding hydrogens is 267 g/mol. The number of halogens is 1. The fourth-order valence-corrected chi connectivity index (χ4v) is 3.00. The lowest BCUT2D eigenvalue weighted by molar-refractivity contribution is -0.121. The van der Waals surface area contributed by atoms with Crippen LogP contribution >= 0.6 is 0 Å². The third-order valence-electron chi connectivity index (χ3n) is 4.61. The Bertz CT molecular complexity index is 478. The Balaban J connectivity index is 1.74. The second-order valence-corrected chi connectivity index (χ2v) is 6.14. The van der Waals surface area contributed by atoms with Crippen LogP contribution in [0.4, 0.5) is 4.39 Å². The van der Waals surface area contributed by atoms with E-state index in [1.54, 1.807) is 18.2 Å². The number of amides is 1. The first-order valence-corrected chi connectivity index (χ1v) is 7.81. The molecule has 1 fully saturated rings. The van der Waals surface area contributed by atoms with Crippen LogP contribution in [0.3, 0.4) is 0 Å². The molecule has 0 heterocycles. The SMILES string of the molecule is C[C@H]1[C@@H](C)CCC[C@H]1NC(=O)CNCc1ccccc1F. The maximum absolute atomic E-state index is 13.4. The van der Waals surface area contributed by atoms with Gasteiger partial charge in [-0.25, -0.2) is 4.39 Å². The van der Waals surface area contributed by atoms with Crippen molar-refractivity contribution in [3.8, 4) is 0 Å². The van der Waals surface area contributed by atoms with Crippen LogP contribution in [0, 0.1) is 17.7 Å². The second kappa shape index (κ2) is 7.55. The van der Waals surface area contributed by atoms with Crippen LogP contribution in [0.25, 0.3) is 0 Å². The van der Waals surface area contributed by atoms with E-state index in [9.17, 15) is 9.18 Å². The zero-order chi connectivity index (χ0) is 15.2. The van der Waals surface area contributed by atoms with Crippen molar-refractivity contribution in [1.29, 1.82) is 0 Å². The summed E-state index contributed by atoms with van der Waals surface area (Å²) in [7, 11) is 0. The van der Waals surface area contributed by atoms with Gasteiger partial charge in [0, 0.05) is 18.2 Å². The van der Waals surface area contributed by atoms with Gasteiger partial charge in [-0.15, -0.1) is 0 Å². The summed E-state index contributed by atoms with van der Waals surface area (Å²) < 4.78 is 13.4. The molecule has 0 aromatic heterocycles. The molecule has 0 bridgehead atoms. The van der Waals surface area contributed by atoms with Crippen LogP contribution in [0.5, 0.6) is 0 Å². The van der Waals surface area contributed by atoms with Crippen LogP contribution in [-0.2, 0) is 11.3 Å². The molecule has 1 aromatic rings. The maximum Gasteiger partial charge on any atom is 0.234 e. The Hall–Kier alpha value is -1.42. The normalized spacial score (nSPS) is 25.6. The molecule has 0 aliphatic heterocycles. The fourth-order valence-electron chi connectivity index (χ4n) is 3.00. The van der Waals surface area contributed by atoms with E-state index in [0.29, 0.717) is 23.9 Å². The highest BCUT2D eigenvalue weighted by atomic mass is 19.1. The lowest BCUT2D eigenvalue weighted by atomic mass is 9.78. The molecule has 4 heteroatoms. The summed E-state index contributed by atoms with van der Waals surface area (Å²) in [5.41, 5.74) is 0.588. The van der Waals surface area contributed by atoms with Gasteiger partial charge in [-0.1, -0.05) is 44.9 Å². The van der Waals surface area contributed by atoms with Gasteiger partial charge >= 0.3 is 0 Å². The van der Waals surface area contributed by atoms with E-state index in [-0.39, 0.29) is 24.3 Å². The minimum atomic E-state index is -0.236. The number of hydrogen-bond donors (Lipinski definition) is 2. The summed E-state index contributed by atoms with van der Waals surface area (Å²) >= 11 is 0. The Kier molecular flexibility index (Phi) is 5.74. The topological polar surface area (TPSA) is 41.1 Å². The lowest BCUT2D eigenvalue weighted by Gasteiger charge is -2.34. The number of hydrogen-bond acceptors (Lipinski definition) is 2. The molecule has 21 heavy (non-hydrogen) atoms. The van der Waals surface area contributed by atoms with Gasteiger partial charge in [0.25, 0.3) is 0 Å². The Morgan fingerprint density at radius 1 is 1.29 bits per heavy atom. The molecular formula is C17H25FN2O. The molecule has 1 saturated carbocycles. The number of nitrogens with one attached hydrogen (secondary N) is 2. The van der Waals surface area contributed by atoms with Gasteiger partial charge in [-0.2, -0.15) is 0 Å². The van der Waals surface area contributed by atoms with Gasteiger partial charge in [0.15, 0.2) is 0 Å². The van der Waals surface area contributed by atoms with Crippen molar-refractivity contribution in [2.45, 2.75) is 45.7 Å². The number of benzene rings is 1. The van der Waals surface area contributed by atoms with Crippen molar-refractivity contribution < 1.29 is 9.18 Å². The quantitative estimate of drug-likeness (QED) is 0.876. The van der Waals surface area contributed by atoms with E-state index in [1.807, 2.05) is 0 Å². The number of rotatable bonds is 5. The smallest absolute Gasteiger partial charge is 0.234 e. The molecule has 1 aliphatic rings. The van der Waals surface area contributed by atoms with Crippen LogP contribution in [0.2, 0.25) is 0 Å². The summed E-state index contributed by atoms with van der Waals surface area (Å²) in [6.45, 7) is 5.06. The molecule has 1 aromatic carbocycles. The molecule has 2 N–H and O–H groups in total. The van der Waals surface area contributed by atoms with Crippen molar-refractivity contribution in [2.75, 3.05) is 6.54 Å². The largest absolute Gasteiger partial charge is 0.352 e. The molecule has 3 nitrogen and oxygen atoms in total. The summed E-state index contributed by atoms with van der Waals surface area (Å²) in [6.07, 6.45) is 3.49. The van der Waals surface area contributed by atoms with Crippen molar-refractivity contribution in [1.82, 2.24) is 10.6 Å². The van der Waals surface area contributed by atoms with E-state index in [1.165, 1.54) is 18.9 Å². The second-order valence-electron chi connectivity index (χ2n) is 6.14. The molecule has 0 unspecified atom stereocenters. The van der Waals surface area contributed by atoms with Gasteiger partial charge in [0.05, 0.1) is 6.54 Å². The van der Waals surface area contributed by atoms with Gasteiger partial charge in [-0.3, -0.25) is 4.79 Å². The number of carbonyl (C=O) groups excluding carboxylic acids is 1. The Morgan fingerprint density at radius 2 is 2.05 bits per heavy atom. The van der Waals surface area contributed by atoms with Gasteiger partial charge in [0.2, 0.25) is 5.91 Å². The highest BCUT2D eigenvalue weighted by Crippen LogP contribution is 2.29. The molecule has 0 saturated heterocycles. The van der Waals surface area contributed by atoms with Gasteiger partial charge < -0.3 is 10.6 Å². The van der Waals surface area contributed by atoms with Crippen LogP contribution in [0.15, 0.2) is 24.3 Å². The molecule has 0 radical (unpaired) electrons. The van der Waals surface area contributed by atoms with E-state index < -0.39 is 0 Å². The van der Waals surface area contributed by atoms with Crippen molar-refractivity contribution in [3.05, 3.63) is 35.6 Å². The van der Waals surface area contributed by atoms with E-state index in [0.717, 1.165) is 6.42 Å². The lowest BCUT2D eigenvalue weighted by Crippen LogP contribution is -2.46.